The summed E-state index contributed by atoms with van der Waals surface area (Å²) in [4.78, 5) is 24.9. The topological polar surface area (TPSA) is 130 Å². The second-order valence-electron chi connectivity index (χ2n) is 10.1. The summed E-state index contributed by atoms with van der Waals surface area (Å²) in [5.41, 5.74) is -0.803. The first-order chi connectivity index (χ1) is 20.5. The maximum absolute atomic E-state index is 14.5. The molecule has 1 unspecified atom stereocenters. The molecule has 228 valence electrons. The van der Waals surface area contributed by atoms with E-state index >= 15 is 0 Å². The molecule has 1 saturated heterocycles. The van der Waals surface area contributed by atoms with Gasteiger partial charge in [-0.2, -0.15) is 32.0 Å². The minimum atomic E-state index is -5.83. The van der Waals surface area contributed by atoms with Gasteiger partial charge in [0.05, 0.1) is 26.0 Å². The number of halogens is 5. The summed E-state index contributed by atoms with van der Waals surface area (Å²) in [6.45, 7) is 0.158. The molecule has 2 N–H and O–H groups in total. The summed E-state index contributed by atoms with van der Waals surface area (Å²) < 4.78 is 87.7. The maximum atomic E-state index is 14.5. The Labute approximate surface area is 240 Å². The summed E-state index contributed by atoms with van der Waals surface area (Å²) in [6.07, 6.45) is -1.10. The lowest BCUT2D eigenvalue weighted by Gasteiger charge is -2.22. The predicted molar refractivity (Wildman–Crippen MR) is 141 cm³/mol. The van der Waals surface area contributed by atoms with Crippen LogP contribution in [-0.2, 0) is 22.5 Å². The number of rotatable bonds is 9. The SMILES string of the molecule is COc1c(Oc2ccnc(NC(=O)C3CC3)c2)cnc2nc(Nc3cc(C(F)(F)C(F)(F)F)n(C4CCOC4)n3)n(C)c12. The van der Waals surface area contributed by atoms with Gasteiger partial charge in [-0.3, -0.25) is 9.48 Å². The van der Waals surface area contributed by atoms with Crippen LogP contribution in [0.2, 0.25) is 0 Å². The van der Waals surface area contributed by atoms with E-state index in [0.29, 0.717) is 27.8 Å². The average molecular weight is 609 g/mol. The molecule has 5 heterocycles. The van der Waals surface area contributed by atoms with E-state index in [4.69, 9.17) is 14.2 Å². The van der Waals surface area contributed by atoms with E-state index in [-0.39, 0.29) is 60.4 Å². The van der Waals surface area contributed by atoms with Crippen LogP contribution in [0.1, 0.15) is 31.0 Å². The summed E-state index contributed by atoms with van der Waals surface area (Å²) >= 11 is 0. The zero-order chi connectivity index (χ0) is 30.5. The Morgan fingerprint density at radius 2 is 1.91 bits per heavy atom. The number of aromatic nitrogens is 6. The molecule has 2 aliphatic rings. The van der Waals surface area contributed by atoms with E-state index in [9.17, 15) is 26.7 Å². The Balaban J connectivity index is 1.30. The first-order valence-corrected chi connectivity index (χ1v) is 13.2. The molecule has 12 nitrogen and oxygen atoms in total. The Morgan fingerprint density at radius 1 is 1.12 bits per heavy atom. The van der Waals surface area contributed by atoms with E-state index in [1.54, 1.807) is 19.2 Å². The minimum absolute atomic E-state index is 0.0103. The van der Waals surface area contributed by atoms with Gasteiger partial charge in [-0.1, -0.05) is 0 Å². The Kier molecular flexibility index (Phi) is 7.06. The van der Waals surface area contributed by atoms with E-state index in [0.717, 1.165) is 12.8 Å². The van der Waals surface area contributed by atoms with Crippen molar-refractivity contribution in [2.75, 3.05) is 31.0 Å². The highest BCUT2D eigenvalue weighted by atomic mass is 19.4. The lowest BCUT2D eigenvalue weighted by Crippen LogP contribution is -2.36. The van der Waals surface area contributed by atoms with Crippen LogP contribution < -0.4 is 20.1 Å². The van der Waals surface area contributed by atoms with Crippen LogP contribution in [0.25, 0.3) is 11.2 Å². The fraction of sp³-hybridized carbons (Fsp3) is 0.423. The van der Waals surface area contributed by atoms with Gasteiger partial charge in [-0.25, -0.2) is 9.97 Å². The van der Waals surface area contributed by atoms with Crippen molar-refractivity contribution in [1.29, 1.82) is 0 Å². The van der Waals surface area contributed by atoms with E-state index < -0.39 is 23.8 Å². The Morgan fingerprint density at radius 3 is 2.58 bits per heavy atom. The van der Waals surface area contributed by atoms with Crippen molar-refractivity contribution < 1.29 is 41.0 Å². The summed E-state index contributed by atoms with van der Waals surface area (Å²) in [6, 6.07) is 2.97. The Bertz CT molecular complexity index is 1680. The molecule has 6 rings (SSSR count). The van der Waals surface area contributed by atoms with Gasteiger partial charge in [0.1, 0.15) is 22.8 Å². The molecule has 1 amide bonds. The number of carbonyl (C=O) groups excluding carboxylic acids is 1. The first-order valence-electron chi connectivity index (χ1n) is 13.2. The van der Waals surface area contributed by atoms with Crippen LogP contribution >= 0.6 is 0 Å². The van der Waals surface area contributed by atoms with Crippen molar-refractivity contribution in [3.63, 3.8) is 0 Å². The van der Waals surface area contributed by atoms with Gasteiger partial charge in [0.25, 0.3) is 0 Å². The molecule has 0 bridgehead atoms. The number of nitrogens with zero attached hydrogens (tertiary/aromatic N) is 6. The lowest BCUT2D eigenvalue weighted by molar-refractivity contribution is -0.292. The predicted octanol–water partition coefficient (Wildman–Crippen LogP) is 5.07. The highest BCUT2D eigenvalue weighted by molar-refractivity contribution is 5.93. The zero-order valence-corrected chi connectivity index (χ0v) is 22.8. The summed E-state index contributed by atoms with van der Waals surface area (Å²) in [7, 11) is 2.96. The van der Waals surface area contributed by atoms with Gasteiger partial charge in [-0.05, 0) is 25.3 Å². The number of amides is 1. The average Bonchev–Trinajstić information content (AvgIpc) is 3.35. The molecular formula is C26H25F5N8O4. The molecular weight excluding hydrogens is 583 g/mol. The van der Waals surface area contributed by atoms with Crippen LogP contribution in [-0.4, -0.2) is 61.7 Å². The van der Waals surface area contributed by atoms with Crippen molar-refractivity contribution in [2.24, 2.45) is 13.0 Å². The number of nitrogens with one attached hydrogen (secondary N) is 2. The van der Waals surface area contributed by atoms with Gasteiger partial charge >= 0.3 is 12.1 Å². The van der Waals surface area contributed by atoms with Crippen molar-refractivity contribution in [1.82, 2.24) is 29.3 Å². The third kappa shape index (κ3) is 5.39. The number of ether oxygens (including phenoxy) is 3. The standard InChI is InChI=1S/C26H25F5N8O4/c1-38-20-21(41-2)16(43-15-5-7-32-18(9-15)34-23(40)13-3-4-13)11-33-22(20)36-24(38)35-19-10-17(25(27,28)26(29,30)31)39(37-19)14-6-8-42-12-14/h5,7,9-11,13-14H,3-4,6,8,12H2,1-2H3,(H,32,34,40)(H,33,35,36,37). The van der Waals surface area contributed by atoms with E-state index in [1.807, 2.05) is 0 Å². The molecule has 1 aliphatic heterocycles. The second kappa shape index (κ2) is 10.6. The zero-order valence-electron chi connectivity index (χ0n) is 22.8. The van der Waals surface area contributed by atoms with Crippen LogP contribution in [0.5, 0.6) is 17.2 Å². The molecule has 43 heavy (non-hydrogen) atoms. The van der Waals surface area contributed by atoms with Gasteiger partial charge < -0.3 is 29.4 Å². The van der Waals surface area contributed by atoms with Gasteiger partial charge in [0.15, 0.2) is 23.0 Å². The third-order valence-electron chi connectivity index (χ3n) is 7.09. The fourth-order valence-corrected chi connectivity index (χ4v) is 4.69. The maximum Gasteiger partial charge on any atom is 0.459 e. The number of methoxy groups -OCH3 is 1. The smallest absolute Gasteiger partial charge is 0.459 e. The van der Waals surface area contributed by atoms with Crippen LogP contribution in [0.15, 0.2) is 30.6 Å². The van der Waals surface area contributed by atoms with E-state index in [2.05, 4.69) is 30.7 Å². The normalized spacial score (nSPS) is 17.3. The molecule has 0 aromatic carbocycles. The van der Waals surface area contributed by atoms with Gasteiger partial charge in [0, 0.05) is 37.9 Å². The molecule has 4 aromatic rings. The van der Waals surface area contributed by atoms with Crippen LogP contribution in [0, 0.1) is 5.92 Å². The summed E-state index contributed by atoms with van der Waals surface area (Å²) in [5.74, 6) is -4.47. The Hall–Kier alpha value is -4.54. The number of aryl methyl sites for hydroxylation is 1. The number of imidazole rings is 1. The fourth-order valence-electron chi connectivity index (χ4n) is 4.69. The number of pyridine rings is 2. The number of carbonyl (C=O) groups is 1. The van der Waals surface area contributed by atoms with Gasteiger partial charge in [0.2, 0.25) is 11.9 Å². The first kappa shape index (κ1) is 28.6. The minimum Gasteiger partial charge on any atom is -0.491 e. The van der Waals surface area contributed by atoms with Gasteiger partial charge in [-0.15, -0.1) is 0 Å². The second-order valence-corrected chi connectivity index (χ2v) is 10.1. The monoisotopic (exact) mass is 608 g/mol. The van der Waals surface area contributed by atoms with Crippen LogP contribution in [0.4, 0.5) is 39.5 Å². The molecule has 1 aliphatic carbocycles. The number of anilines is 3. The van der Waals surface area contributed by atoms with Crippen molar-refractivity contribution in [3.8, 4) is 17.2 Å². The molecule has 0 spiro atoms. The third-order valence-corrected chi connectivity index (χ3v) is 7.09. The summed E-state index contributed by atoms with van der Waals surface area (Å²) in [5, 5.41) is 9.48. The molecule has 0 radical (unpaired) electrons. The number of hydrogen-bond donors (Lipinski definition) is 2. The molecule has 4 aromatic heterocycles. The lowest BCUT2D eigenvalue weighted by atomic mass is 10.2. The molecule has 2 fully saturated rings. The molecule has 17 heteroatoms. The number of alkyl halides is 5. The van der Waals surface area contributed by atoms with Crippen molar-refractivity contribution in [3.05, 3.63) is 36.3 Å². The van der Waals surface area contributed by atoms with Crippen molar-refractivity contribution >= 4 is 34.7 Å². The quantitative estimate of drug-likeness (QED) is 0.250. The molecule has 1 saturated carbocycles. The largest absolute Gasteiger partial charge is 0.491 e. The highest BCUT2D eigenvalue weighted by Gasteiger charge is 2.61. The molecule has 1 atom stereocenters. The van der Waals surface area contributed by atoms with Crippen LogP contribution in [0.3, 0.4) is 0 Å². The number of fused-ring (bicyclic) bond motifs is 1. The highest BCUT2D eigenvalue weighted by Crippen LogP contribution is 2.46. The van der Waals surface area contributed by atoms with Crippen molar-refractivity contribution in [2.45, 2.75) is 37.4 Å². The number of hydrogen-bond acceptors (Lipinski definition) is 9. The van der Waals surface area contributed by atoms with E-state index in [1.165, 1.54) is 24.1 Å².